The number of rotatable bonds is 3. The second-order valence-electron chi connectivity index (χ2n) is 3.81. The van der Waals surface area contributed by atoms with Crippen molar-refractivity contribution in [2.45, 2.75) is 13.8 Å². The average Bonchev–Trinajstić information content (AvgIpc) is 2.68. The Bertz CT molecular complexity index is 646. The zero-order valence-electron chi connectivity index (χ0n) is 10.2. The molecular weight excluding hydrogens is 270 g/mol. The Morgan fingerprint density at radius 1 is 1.37 bits per heavy atom. The molecule has 0 unspecified atom stereocenters. The summed E-state index contributed by atoms with van der Waals surface area (Å²) in [6.07, 6.45) is 1.44. The molecule has 0 aliphatic carbocycles. The lowest BCUT2D eigenvalue weighted by molar-refractivity contribution is -0.384. The normalized spacial score (nSPS) is 11.1. The van der Waals surface area contributed by atoms with E-state index in [4.69, 9.17) is 11.6 Å². The molecule has 2 aromatic rings. The van der Waals surface area contributed by atoms with Gasteiger partial charge in [-0.15, -0.1) is 10.2 Å². The fourth-order valence-electron chi connectivity index (χ4n) is 1.49. The Hall–Kier alpha value is -2.28. The fourth-order valence-corrected chi connectivity index (χ4v) is 1.66. The first kappa shape index (κ1) is 13.2. The lowest BCUT2D eigenvalue weighted by Gasteiger charge is -2.00. The Labute approximate surface area is 113 Å². The largest absolute Gasteiger partial charge is 0.270 e. The minimum atomic E-state index is -0.483. The van der Waals surface area contributed by atoms with E-state index in [0.29, 0.717) is 22.2 Å². The van der Waals surface area contributed by atoms with Crippen LogP contribution in [-0.4, -0.2) is 26.0 Å². The van der Waals surface area contributed by atoms with Crippen LogP contribution < -0.4 is 0 Å². The van der Waals surface area contributed by atoms with Crippen molar-refractivity contribution in [3.8, 4) is 0 Å². The van der Waals surface area contributed by atoms with Gasteiger partial charge in [0.2, 0.25) is 0 Å². The summed E-state index contributed by atoms with van der Waals surface area (Å²) in [6.45, 7) is 3.51. The lowest BCUT2D eigenvalue weighted by atomic mass is 10.2. The Balaban J connectivity index is 2.38. The van der Waals surface area contributed by atoms with Crippen LogP contribution in [0.5, 0.6) is 0 Å². The van der Waals surface area contributed by atoms with Gasteiger partial charge in [-0.05, 0) is 19.9 Å². The molecule has 0 saturated heterocycles. The van der Waals surface area contributed by atoms with Crippen molar-refractivity contribution in [3.05, 3.63) is 50.5 Å². The number of nitro groups is 1. The smallest absolute Gasteiger partial charge is 0.258 e. The number of nitrogens with zero attached hydrogens (tertiary/aromatic N) is 5. The van der Waals surface area contributed by atoms with Crippen molar-refractivity contribution in [2.75, 3.05) is 0 Å². The third-order valence-electron chi connectivity index (χ3n) is 2.46. The van der Waals surface area contributed by atoms with Crippen molar-refractivity contribution in [1.29, 1.82) is 0 Å². The third-order valence-corrected chi connectivity index (χ3v) is 2.80. The first-order valence-corrected chi connectivity index (χ1v) is 5.74. The van der Waals surface area contributed by atoms with E-state index >= 15 is 0 Å². The summed E-state index contributed by atoms with van der Waals surface area (Å²) in [5, 5.41) is 23.0. The van der Waals surface area contributed by atoms with Crippen LogP contribution in [-0.2, 0) is 0 Å². The van der Waals surface area contributed by atoms with Gasteiger partial charge in [0.1, 0.15) is 0 Å². The maximum Gasteiger partial charge on any atom is 0.270 e. The SMILES string of the molecule is Cc1nnc(C)n1N=Cc1cc([N+](=O)[O-])ccc1Cl. The van der Waals surface area contributed by atoms with Crippen molar-refractivity contribution in [1.82, 2.24) is 14.9 Å². The number of non-ortho nitro benzene ring substituents is 1. The highest BCUT2D eigenvalue weighted by Gasteiger charge is 2.09. The number of nitro benzene ring substituents is 1. The van der Waals surface area contributed by atoms with Gasteiger partial charge in [0.15, 0.2) is 11.6 Å². The number of hydrogen-bond acceptors (Lipinski definition) is 5. The van der Waals surface area contributed by atoms with E-state index in [0.717, 1.165) is 0 Å². The molecule has 19 heavy (non-hydrogen) atoms. The predicted molar refractivity (Wildman–Crippen MR) is 70.6 cm³/mol. The summed E-state index contributed by atoms with van der Waals surface area (Å²) < 4.78 is 1.52. The summed E-state index contributed by atoms with van der Waals surface area (Å²) in [6, 6.07) is 4.17. The molecule has 2 rings (SSSR count). The second kappa shape index (κ2) is 5.15. The van der Waals surface area contributed by atoms with E-state index in [9.17, 15) is 10.1 Å². The van der Waals surface area contributed by atoms with Gasteiger partial charge in [-0.2, -0.15) is 5.10 Å². The van der Waals surface area contributed by atoms with Gasteiger partial charge in [0.25, 0.3) is 5.69 Å². The summed E-state index contributed by atoms with van der Waals surface area (Å²) in [4.78, 5) is 10.2. The molecule has 8 heteroatoms. The van der Waals surface area contributed by atoms with E-state index in [2.05, 4.69) is 15.3 Å². The highest BCUT2D eigenvalue weighted by atomic mass is 35.5. The first-order chi connectivity index (χ1) is 8.99. The average molecular weight is 280 g/mol. The molecule has 0 aliphatic rings. The lowest BCUT2D eigenvalue weighted by Crippen LogP contribution is -1.97. The van der Waals surface area contributed by atoms with Crippen LogP contribution in [0.15, 0.2) is 23.3 Å². The van der Waals surface area contributed by atoms with Gasteiger partial charge in [0, 0.05) is 22.7 Å². The molecule has 98 valence electrons. The molecule has 1 aromatic carbocycles. The molecule has 0 bridgehead atoms. The molecule has 0 N–H and O–H groups in total. The number of halogens is 1. The molecule has 0 spiro atoms. The van der Waals surface area contributed by atoms with E-state index in [1.807, 2.05) is 0 Å². The summed E-state index contributed by atoms with van der Waals surface area (Å²) >= 11 is 5.97. The van der Waals surface area contributed by atoms with E-state index in [1.165, 1.54) is 29.1 Å². The van der Waals surface area contributed by atoms with Crippen LogP contribution in [0.1, 0.15) is 17.2 Å². The molecule has 0 saturated carbocycles. The van der Waals surface area contributed by atoms with Gasteiger partial charge < -0.3 is 0 Å². The molecule has 0 atom stereocenters. The van der Waals surface area contributed by atoms with E-state index < -0.39 is 4.92 Å². The van der Waals surface area contributed by atoms with Crippen LogP contribution in [0.3, 0.4) is 0 Å². The van der Waals surface area contributed by atoms with Gasteiger partial charge in [-0.3, -0.25) is 10.1 Å². The molecular formula is C11H10ClN5O2. The maximum atomic E-state index is 10.7. The Morgan fingerprint density at radius 3 is 2.58 bits per heavy atom. The fraction of sp³-hybridized carbons (Fsp3) is 0.182. The van der Waals surface area contributed by atoms with Crippen molar-refractivity contribution in [2.24, 2.45) is 5.10 Å². The Morgan fingerprint density at radius 2 is 2.00 bits per heavy atom. The molecule has 0 radical (unpaired) electrons. The molecule has 0 amide bonds. The summed E-state index contributed by atoms with van der Waals surface area (Å²) in [5.41, 5.74) is 0.423. The minimum absolute atomic E-state index is 0.0388. The molecule has 1 heterocycles. The third kappa shape index (κ3) is 2.76. The quantitative estimate of drug-likeness (QED) is 0.490. The van der Waals surface area contributed by atoms with E-state index in [-0.39, 0.29) is 5.69 Å². The van der Waals surface area contributed by atoms with Crippen molar-refractivity contribution < 1.29 is 4.92 Å². The molecule has 7 nitrogen and oxygen atoms in total. The number of aromatic nitrogens is 3. The van der Waals surface area contributed by atoms with E-state index in [1.54, 1.807) is 13.8 Å². The standard InChI is InChI=1S/C11H10ClN5O2/c1-7-14-15-8(2)16(7)13-6-9-5-10(17(18)19)3-4-11(9)12/h3-6H,1-2H3. The predicted octanol–water partition coefficient (Wildman–Crippen LogP) is 2.34. The molecule has 0 aliphatic heterocycles. The van der Waals surface area contributed by atoms with Gasteiger partial charge in [0.05, 0.1) is 11.1 Å². The highest BCUT2D eigenvalue weighted by Crippen LogP contribution is 2.20. The number of benzene rings is 1. The monoisotopic (exact) mass is 279 g/mol. The highest BCUT2D eigenvalue weighted by molar-refractivity contribution is 6.33. The van der Waals surface area contributed by atoms with Crippen LogP contribution in [0, 0.1) is 24.0 Å². The minimum Gasteiger partial charge on any atom is -0.258 e. The van der Waals surface area contributed by atoms with Crippen LogP contribution >= 0.6 is 11.6 Å². The van der Waals surface area contributed by atoms with Gasteiger partial charge in [-0.1, -0.05) is 11.6 Å². The summed E-state index contributed by atoms with van der Waals surface area (Å²) in [7, 11) is 0. The van der Waals surface area contributed by atoms with Crippen LogP contribution in [0.25, 0.3) is 0 Å². The molecule has 1 aromatic heterocycles. The van der Waals surface area contributed by atoms with Crippen LogP contribution in [0.4, 0.5) is 5.69 Å². The summed E-state index contributed by atoms with van der Waals surface area (Å²) in [5.74, 6) is 1.24. The Kier molecular flexibility index (Phi) is 3.57. The zero-order chi connectivity index (χ0) is 14.0. The van der Waals surface area contributed by atoms with Crippen molar-refractivity contribution in [3.63, 3.8) is 0 Å². The first-order valence-electron chi connectivity index (χ1n) is 5.36. The van der Waals surface area contributed by atoms with Crippen LogP contribution in [0.2, 0.25) is 5.02 Å². The second-order valence-corrected chi connectivity index (χ2v) is 4.22. The van der Waals surface area contributed by atoms with Crippen molar-refractivity contribution >= 4 is 23.5 Å². The number of aryl methyl sites for hydroxylation is 2. The zero-order valence-corrected chi connectivity index (χ0v) is 11.0. The van der Waals surface area contributed by atoms with Gasteiger partial charge >= 0.3 is 0 Å². The molecule has 0 fully saturated rings. The number of hydrogen-bond donors (Lipinski definition) is 0. The topological polar surface area (TPSA) is 86.2 Å². The van der Waals surface area contributed by atoms with Gasteiger partial charge in [-0.25, -0.2) is 4.68 Å². The maximum absolute atomic E-state index is 10.7.